The Labute approximate surface area is 282 Å². The Morgan fingerprint density at radius 1 is 0.604 bits per heavy atom. The van der Waals surface area contributed by atoms with Gasteiger partial charge in [-0.2, -0.15) is 0 Å². The molecule has 48 heavy (non-hydrogen) atoms. The summed E-state index contributed by atoms with van der Waals surface area (Å²) in [4.78, 5) is 14.8. The van der Waals surface area contributed by atoms with E-state index in [0.29, 0.717) is 0 Å². The number of pyridine rings is 2. The normalized spacial score (nSPS) is 15.9. The Balaban J connectivity index is 1.34. The van der Waals surface area contributed by atoms with Gasteiger partial charge in [0.2, 0.25) is 6.71 Å². The topological polar surface area (TPSA) is 32.3 Å². The Morgan fingerprint density at radius 3 is 1.92 bits per heavy atom. The van der Waals surface area contributed by atoms with Crippen LogP contribution in [0.4, 0.5) is 28.4 Å². The molecular formula is C43H35BN4. The molecular weight excluding hydrogens is 583 g/mol. The number of fused-ring (bicyclic) bond motifs is 4. The largest absolute Gasteiger partial charge is 0.335 e. The molecule has 0 saturated heterocycles. The van der Waals surface area contributed by atoms with E-state index in [-0.39, 0.29) is 12.8 Å². The number of hydrogen-bond donors (Lipinski definition) is 0. The third-order valence-electron chi connectivity index (χ3n) is 10.1. The zero-order chi connectivity index (χ0) is 32.4. The van der Waals surface area contributed by atoms with Crippen molar-refractivity contribution in [1.29, 1.82) is 0 Å². The zero-order valence-electron chi connectivity index (χ0n) is 27.4. The molecule has 0 bridgehead atoms. The molecule has 230 valence electrons. The monoisotopic (exact) mass is 618 g/mol. The standard InChI is InChI=1S/C43H35BN4/c1-28-20-22-45-35(24-28)31-12-4-8-16-37(31)47-39-18-10-6-14-33(39)44-34-15-7-11-19-40(34)48(42-27-30(3)26-41(47)43(42)44)38-17-9-5-13-32(38)36-25-29(2)21-23-46-36/h4-18,20-27,40H,19H2,1-3H3. The van der Waals surface area contributed by atoms with E-state index in [1.54, 1.807) is 0 Å². The summed E-state index contributed by atoms with van der Waals surface area (Å²) in [7, 11) is 0. The number of aromatic nitrogens is 2. The van der Waals surface area contributed by atoms with Crippen molar-refractivity contribution in [2.45, 2.75) is 33.2 Å². The fourth-order valence-corrected chi connectivity index (χ4v) is 8.06. The van der Waals surface area contributed by atoms with Crippen LogP contribution in [0.2, 0.25) is 0 Å². The average Bonchev–Trinajstić information content (AvgIpc) is 3.11. The van der Waals surface area contributed by atoms with Gasteiger partial charge in [0.15, 0.2) is 0 Å². The summed E-state index contributed by atoms with van der Waals surface area (Å²) in [5.41, 5.74) is 18.0. The third-order valence-corrected chi connectivity index (χ3v) is 10.1. The molecule has 2 aliphatic heterocycles. The van der Waals surface area contributed by atoms with Crippen LogP contribution in [0, 0.1) is 20.8 Å². The van der Waals surface area contributed by atoms with E-state index in [1.807, 2.05) is 12.4 Å². The first-order chi connectivity index (χ1) is 23.6. The highest BCUT2D eigenvalue weighted by Crippen LogP contribution is 2.49. The first-order valence-corrected chi connectivity index (χ1v) is 16.8. The molecule has 9 rings (SSSR count). The molecule has 6 aromatic rings. The van der Waals surface area contributed by atoms with Crippen LogP contribution in [0.25, 0.3) is 22.5 Å². The molecule has 0 spiro atoms. The predicted octanol–water partition coefficient (Wildman–Crippen LogP) is 9.07. The lowest BCUT2D eigenvalue weighted by atomic mass is 9.31. The van der Waals surface area contributed by atoms with Crippen LogP contribution in [0.5, 0.6) is 0 Å². The number of allylic oxidation sites excluding steroid dienone is 2. The molecule has 0 radical (unpaired) electrons. The fourth-order valence-electron chi connectivity index (χ4n) is 8.06. The summed E-state index contributed by atoms with van der Waals surface area (Å²) in [6.07, 6.45) is 11.7. The number of hydrogen-bond acceptors (Lipinski definition) is 4. The zero-order valence-corrected chi connectivity index (χ0v) is 27.4. The summed E-state index contributed by atoms with van der Waals surface area (Å²) in [6, 6.07) is 40.0. The van der Waals surface area contributed by atoms with E-state index in [9.17, 15) is 0 Å². The lowest BCUT2D eigenvalue weighted by Gasteiger charge is -2.49. The van der Waals surface area contributed by atoms with Gasteiger partial charge in [-0.15, -0.1) is 0 Å². The Bertz CT molecular complexity index is 2300. The van der Waals surface area contributed by atoms with Gasteiger partial charge in [0, 0.05) is 40.6 Å². The van der Waals surface area contributed by atoms with Crippen molar-refractivity contribution in [3.05, 3.63) is 162 Å². The number of nitrogens with zero attached hydrogens (tertiary/aromatic N) is 4. The van der Waals surface area contributed by atoms with Crippen LogP contribution in [0.3, 0.4) is 0 Å². The van der Waals surface area contributed by atoms with Crippen molar-refractivity contribution >= 4 is 46.1 Å². The second-order valence-electron chi connectivity index (χ2n) is 13.2. The second kappa shape index (κ2) is 11.2. The molecule has 3 aliphatic rings. The van der Waals surface area contributed by atoms with Gasteiger partial charge in [-0.05, 0) is 109 Å². The van der Waals surface area contributed by atoms with Crippen LogP contribution < -0.4 is 20.7 Å². The van der Waals surface area contributed by atoms with Gasteiger partial charge < -0.3 is 9.80 Å². The van der Waals surface area contributed by atoms with E-state index < -0.39 is 0 Å². The molecule has 1 unspecified atom stereocenters. The summed E-state index contributed by atoms with van der Waals surface area (Å²) >= 11 is 0. The van der Waals surface area contributed by atoms with Crippen molar-refractivity contribution in [2.75, 3.05) is 9.80 Å². The number of para-hydroxylation sites is 3. The van der Waals surface area contributed by atoms with Gasteiger partial charge in [-0.3, -0.25) is 9.97 Å². The highest BCUT2D eigenvalue weighted by Gasteiger charge is 2.47. The SMILES string of the molecule is Cc1ccnc(-c2ccccc2N2c3ccccc3B3C4=CC=CCC4N(c4ccccc4-c4cc(C)ccn4)c4cc(C)cc2c43)c1. The average molecular weight is 619 g/mol. The molecule has 1 aliphatic carbocycles. The van der Waals surface area contributed by atoms with E-state index in [4.69, 9.17) is 9.97 Å². The summed E-state index contributed by atoms with van der Waals surface area (Å²) < 4.78 is 0. The molecule has 0 N–H and O–H groups in total. The summed E-state index contributed by atoms with van der Waals surface area (Å²) in [5.74, 6) is 0. The first-order valence-electron chi connectivity index (χ1n) is 16.8. The molecule has 4 heterocycles. The third kappa shape index (κ3) is 4.45. The minimum Gasteiger partial charge on any atom is -0.335 e. The molecule has 4 aromatic carbocycles. The van der Waals surface area contributed by atoms with Crippen LogP contribution in [0.1, 0.15) is 23.1 Å². The number of benzene rings is 4. The highest BCUT2D eigenvalue weighted by atomic mass is 15.2. The summed E-state index contributed by atoms with van der Waals surface area (Å²) in [6.45, 7) is 6.64. The maximum atomic E-state index is 4.86. The van der Waals surface area contributed by atoms with Crippen LogP contribution in [0.15, 0.2) is 145 Å². The second-order valence-corrected chi connectivity index (χ2v) is 13.2. The lowest BCUT2D eigenvalue weighted by Crippen LogP contribution is -2.60. The van der Waals surface area contributed by atoms with Crippen molar-refractivity contribution in [2.24, 2.45) is 0 Å². The minimum atomic E-state index is 0.141. The van der Waals surface area contributed by atoms with Crippen molar-refractivity contribution in [1.82, 2.24) is 9.97 Å². The van der Waals surface area contributed by atoms with Gasteiger partial charge in [0.25, 0.3) is 0 Å². The van der Waals surface area contributed by atoms with Crippen LogP contribution >= 0.6 is 0 Å². The Kier molecular flexibility index (Phi) is 6.68. The molecule has 5 heteroatoms. The van der Waals surface area contributed by atoms with Crippen molar-refractivity contribution in [3.8, 4) is 22.5 Å². The van der Waals surface area contributed by atoms with E-state index in [2.05, 4.69) is 158 Å². The molecule has 1 atom stereocenters. The van der Waals surface area contributed by atoms with Crippen molar-refractivity contribution < 1.29 is 0 Å². The van der Waals surface area contributed by atoms with Gasteiger partial charge in [-0.25, -0.2) is 0 Å². The summed E-state index contributed by atoms with van der Waals surface area (Å²) in [5, 5.41) is 0. The molecule has 0 saturated carbocycles. The fraction of sp³-hybridized carbons (Fsp3) is 0.116. The van der Waals surface area contributed by atoms with Gasteiger partial charge >= 0.3 is 0 Å². The number of anilines is 5. The Hall–Kier alpha value is -5.68. The van der Waals surface area contributed by atoms with Crippen LogP contribution in [-0.4, -0.2) is 22.7 Å². The Morgan fingerprint density at radius 2 is 1.21 bits per heavy atom. The van der Waals surface area contributed by atoms with Crippen molar-refractivity contribution in [3.63, 3.8) is 0 Å². The quantitative estimate of drug-likeness (QED) is 0.185. The van der Waals surface area contributed by atoms with E-state index >= 15 is 0 Å². The smallest absolute Gasteiger partial charge is 0.247 e. The minimum absolute atomic E-state index is 0.141. The predicted molar refractivity (Wildman–Crippen MR) is 201 cm³/mol. The molecule has 2 aromatic heterocycles. The van der Waals surface area contributed by atoms with Gasteiger partial charge in [-0.1, -0.05) is 78.3 Å². The molecule has 0 fully saturated rings. The lowest BCUT2D eigenvalue weighted by molar-refractivity contribution is 0.764. The maximum Gasteiger partial charge on any atom is 0.247 e. The van der Waals surface area contributed by atoms with Gasteiger partial charge in [0.1, 0.15) is 0 Å². The highest BCUT2D eigenvalue weighted by molar-refractivity contribution is 6.95. The number of rotatable bonds is 4. The molecule has 0 amide bonds. The molecule has 4 nitrogen and oxygen atoms in total. The van der Waals surface area contributed by atoms with E-state index in [1.165, 1.54) is 55.8 Å². The van der Waals surface area contributed by atoms with Gasteiger partial charge in [0.05, 0.1) is 28.8 Å². The maximum absolute atomic E-state index is 4.86. The first kappa shape index (κ1) is 28.5. The number of aryl methyl sites for hydroxylation is 3. The van der Waals surface area contributed by atoms with Crippen LogP contribution in [-0.2, 0) is 0 Å². The van der Waals surface area contributed by atoms with E-state index in [0.717, 1.165) is 34.6 Å².